The molecule has 0 radical (unpaired) electrons. The molecule has 0 aliphatic heterocycles. The quantitative estimate of drug-likeness (QED) is 0.201. The molecule has 0 spiro atoms. The van der Waals surface area contributed by atoms with Crippen LogP contribution in [0.5, 0.6) is 0 Å². The molecule has 0 atom stereocenters. The Morgan fingerprint density at radius 2 is 0.979 bits per heavy atom. The Morgan fingerprint density at radius 1 is 0.426 bits per heavy atom. The maximum Gasteiger partial charge on any atom is 0.160 e. The zero-order chi connectivity index (χ0) is 31.5. The van der Waals surface area contributed by atoms with Gasteiger partial charge >= 0.3 is 0 Å². The monoisotopic (exact) mass is 600 g/mol. The Morgan fingerprint density at radius 3 is 1.74 bits per heavy atom. The van der Waals surface area contributed by atoms with Gasteiger partial charge in [-0.3, -0.25) is 0 Å². The Labute approximate surface area is 275 Å². The normalized spacial score (nSPS) is 13.1. The largest absolute Gasteiger partial charge is 0.231 e. The van der Waals surface area contributed by atoms with Crippen LogP contribution >= 0.6 is 0 Å². The summed E-state index contributed by atoms with van der Waals surface area (Å²) in [5.74, 6) is 0.748. The highest BCUT2D eigenvalue weighted by Gasteiger charge is 2.41. The van der Waals surface area contributed by atoms with E-state index in [1.54, 1.807) is 0 Å². The third kappa shape index (κ3) is 4.40. The van der Waals surface area contributed by atoms with Gasteiger partial charge in [-0.25, -0.2) is 9.97 Å². The number of fused-ring (bicyclic) bond motifs is 6. The van der Waals surface area contributed by atoms with Crippen LogP contribution in [0.3, 0.4) is 0 Å². The van der Waals surface area contributed by atoms with Gasteiger partial charge in [0.05, 0.1) is 11.4 Å². The van der Waals surface area contributed by atoms with Gasteiger partial charge in [0.15, 0.2) is 5.82 Å². The number of hydrogen-bond donors (Lipinski definition) is 0. The first kappa shape index (κ1) is 27.5. The predicted octanol–water partition coefficient (Wildman–Crippen LogP) is 11.8. The van der Waals surface area contributed by atoms with Gasteiger partial charge in [-0.05, 0) is 67.1 Å². The first-order valence-corrected chi connectivity index (χ1v) is 16.3. The molecule has 1 aliphatic rings. The van der Waals surface area contributed by atoms with Crippen molar-refractivity contribution in [1.29, 1.82) is 0 Å². The second-order valence-corrected chi connectivity index (χ2v) is 13.0. The van der Waals surface area contributed by atoms with Crippen molar-refractivity contribution in [2.24, 2.45) is 0 Å². The Kier molecular flexibility index (Phi) is 6.20. The SMILES string of the molecule is CC1(C)c2ccc3ccccc3c2-c2c(-c3cccc4ccccc34)nc(-c3cccc(-c4cccc(-c5ccccc5)c4)c3)nc21. The molecule has 1 aliphatic carbocycles. The van der Waals surface area contributed by atoms with Gasteiger partial charge in [-0.15, -0.1) is 0 Å². The molecule has 0 amide bonds. The molecular weight excluding hydrogens is 569 g/mol. The van der Waals surface area contributed by atoms with E-state index in [2.05, 4.69) is 172 Å². The van der Waals surface area contributed by atoms with Crippen LogP contribution < -0.4 is 0 Å². The van der Waals surface area contributed by atoms with Crippen LogP contribution in [0.2, 0.25) is 0 Å². The molecule has 0 bridgehead atoms. The van der Waals surface area contributed by atoms with Crippen LogP contribution in [0.15, 0.2) is 158 Å². The van der Waals surface area contributed by atoms with Crippen molar-refractivity contribution in [3.63, 3.8) is 0 Å². The van der Waals surface area contributed by atoms with Crippen molar-refractivity contribution in [1.82, 2.24) is 9.97 Å². The number of aromatic nitrogens is 2. The fourth-order valence-corrected chi connectivity index (χ4v) is 7.44. The summed E-state index contributed by atoms with van der Waals surface area (Å²) in [6, 6.07) is 56.4. The van der Waals surface area contributed by atoms with Crippen LogP contribution in [0.25, 0.3) is 77.6 Å². The van der Waals surface area contributed by atoms with Gasteiger partial charge in [0.1, 0.15) is 0 Å². The van der Waals surface area contributed by atoms with Gasteiger partial charge in [-0.2, -0.15) is 0 Å². The van der Waals surface area contributed by atoms with Crippen LogP contribution in [0.1, 0.15) is 25.1 Å². The van der Waals surface area contributed by atoms with E-state index in [4.69, 9.17) is 9.97 Å². The Hall–Kier alpha value is -5.86. The third-order valence-electron chi connectivity index (χ3n) is 9.82. The summed E-state index contributed by atoms with van der Waals surface area (Å²) in [6.07, 6.45) is 0. The highest BCUT2D eigenvalue weighted by atomic mass is 14.9. The summed E-state index contributed by atoms with van der Waals surface area (Å²) in [7, 11) is 0. The van der Waals surface area contributed by atoms with Crippen molar-refractivity contribution >= 4 is 21.5 Å². The topological polar surface area (TPSA) is 25.8 Å². The third-order valence-corrected chi connectivity index (χ3v) is 9.82. The summed E-state index contributed by atoms with van der Waals surface area (Å²) in [6.45, 7) is 4.61. The van der Waals surface area contributed by atoms with E-state index in [1.807, 2.05) is 0 Å². The van der Waals surface area contributed by atoms with Gasteiger partial charge < -0.3 is 0 Å². The van der Waals surface area contributed by atoms with Crippen LogP contribution in [0, 0.1) is 0 Å². The van der Waals surface area contributed by atoms with Crippen LogP contribution in [0.4, 0.5) is 0 Å². The second kappa shape index (κ2) is 10.6. The lowest BCUT2D eigenvalue weighted by atomic mass is 9.84. The van der Waals surface area contributed by atoms with Crippen molar-refractivity contribution < 1.29 is 0 Å². The van der Waals surface area contributed by atoms with E-state index in [9.17, 15) is 0 Å². The Balaban J connectivity index is 1.29. The van der Waals surface area contributed by atoms with E-state index in [-0.39, 0.29) is 5.41 Å². The molecule has 0 unspecified atom stereocenters. The highest BCUT2D eigenvalue weighted by Crippen LogP contribution is 2.54. The zero-order valence-corrected chi connectivity index (χ0v) is 26.4. The Bertz CT molecular complexity index is 2490. The molecule has 2 heteroatoms. The molecule has 9 rings (SSSR count). The number of hydrogen-bond acceptors (Lipinski definition) is 2. The first-order valence-electron chi connectivity index (χ1n) is 16.3. The lowest BCUT2D eigenvalue weighted by Crippen LogP contribution is -2.17. The summed E-state index contributed by atoms with van der Waals surface area (Å²) in [4.78, 5) is 10.9. The predicted molar refractivity (Wildman–Crippen MR) is 196 cm³/mol. The lowest BCUT2D eigenvalue weighted by Gasteiger charge is -2.21. The highest BCUT2D eigenvalue weighted by molar-refractivity contribution is 6.08. The molecule has 7 aromatic carbocycles. The fourth-order valence-electron chi connectivity index (χ4n) is 7.44. The van der Waals surface area contributed by atoms with Crippen LogP contribution in [-0.4, -0.2) is 9.97 Å². The molecule has 8 aromatic rings. The average Bonchev–Trinajstić information content (AvgIpc) is 3.37. The summed E-state index contributed by atoms with van der Waals surface area (Å²) < 4.78 is 0. The zero-order valence-electron chi connectivity index (χ0n) is 26.4. The maximum atomic E-state index is 5.50. The first-order chi connectivity index (χ1) is 23.1. The molecule has 0 saturated heterocycles. The van der Waals surface area contributed by atoms with E-state index in [1.165, 1.54) is 49.4 Å². The second-order valence-electron chi connectivity index (χ2n) is 13.0. The minimum Gasteiger partial charge on any atom is -0.231 e. The van der Waals surface area contributed by atoms with E-state index in [0.29, 0.717) is 0 Å². The molecule has 2 nitrogen and oxygen atoms in total. The van der Waals surface area contributed by atoms with Gasteiger partial charge in [0, 0.05) is 22.1 Å². The van der Waals surface area contributed by atoms with Gasteiger partial charge in [0.2, 0.25) is 0 Å². The number of nitrogens with zero attached hydrogens (tertiary/aromatic N) is 2. The average molecular weight is 601 g/mol. The number of rotatable bonds is 4. The maximum absolute atomic E-state index is 5.50. The lowest BCUT2D eigenvalue weighted by molar-refractivity contribution is 0.636. The molecule has 1 aromatic heterocycles. The van der Waals surface area contributed by atoms with Crippen molar-refractivity contribution in [2.75, 3.05) is 0 Å². The van der Waals surface area contributed by atoms with Crippen molar-refractivity contribution in [3.05, 3.63) is 169 Å². The van der Waals surface area contributed by atoms with Crippen molar-refractivity contribution in [3.8, 4) is 56.0 Å². The standard InChI is InChI=1S/C45H32N2/c1-45(2)39-26-25-31-16-7-9-23-37(31)40(39)41-42(38-24-12-17-30-15-6-8-22-36(30)38)46-44(47-43(41)45)35-21-11-20-34(28-35)33-19-10-18-32(27-33)29-13-4-3-5-14-29/h3-28H,1-2H3. The van der Waals surface area contributed by atoms with E-state index < -0.39 is 0 Å². The minimum absolute atomic E-state index is 0.298. The molecular formula is C45H32N2. The molecule has 0 saturated carbocycles. The molecule has 1 heterocycles. The van der Waals surface area contributed by atoms with E-state index >= 15 is 0 Å². The van der Waals surface area contributed by atoms with Gasteiger partial charge in [0.25, 0.3) is 0 Å². The minimum atomic E-state index is -0.298. The van der Waals surface area contributed by atoms with E-state index in [0.717, 1.165) is 39.5 Å². The summed E-state index contributed by atoms with van der Waals surface area (Å²) in [5.41, 5.74) is 12.3. The molecule has 0 fully saturated rings. The molecule has 0 N–H and O–H groups in total. The molecule has 47 heavy (non-hydrogen) atoms. The molecule has 222 valence electrons. The summed E-state index contributed by atoms with van der Waals surface area (Å²) >= 11 is 0. The van der Waals surface area contributed by atoms with Crippen molar-refractivity contribution in [2.45, 2.75) is 19.3 Å². The van der Waals surface area contributed by atoms with Gasteiger partial charge in [-0.1, -0.05) is 159 Å². The van der Waals surface area contributed by atoms with Crippen LogP contribution in [-0.2, 0) is 5.41 Å². The fraction of sp³-hybridized carbons (Fsp3) is 0.0667. The summed E-state index contributed by atoms with van der Waals surface area (Å²) in [5, 5.41) is 4.87. The smallest absolute Gasteiger partial charge is 0.160 e. The number of benzene rings is 7.